The molecule has 1 amide bonds. The fourth-order valence-corrected chi connectivity index (χ4v) is 1.15. The molecule has 0 spiro atoms. The van der Waals surface area contributed by atoms with E-state index in [-0.39, 0.29) is 5.56 Å². The fourth-order valence-electron chi connectivity index (χ4n) is 1.15. The fraction of sp³-hybridized carbons (Fsp3) is 0.273. The van der Waals surface area contributed by atoms with E-state index in [9.17, 15) is 18.0 Å². The zero-order chi connectivity index (χ0) is 13.1. The zero-order valence-electron chi connectivity index (χ0n) is 8.88. The monoisotopic (exact) mass is 242 g/mol. The summed E-state index contributed by atoms with van der Waals surface area (Å²) in [5.41, 5.74) is -1.02. The minimum Gasteiger partial charge on any atom is -0.337 e. The minimum absolute atomic E-state index is 0.123. The molecule has 0 radical (unpaired) electrons. The first kappa shape index (κ1) is 13.0. The molecular weight excluding hydrogens is 233 g/mol. The van der Waals surface area contributed by atoms with Gasteiger partial charge in [-0.15, -0.1) is 0 Å². The van der Waals surface area contributed by atoms with Crippen LogP contribution in [-0.4, -0.2) is 11.9 Å². The van der Waals surface area contributed by atoms with Gasteiger partial charge in [0, 0.05) is 5.56 Å². The normalized spacial score (nSPS) is 12.6. The quantitative estimate of drug-likeness (QED) is 0.865. The summed E-state index contributed by atoms with van der Waals surface area (Å²) in [4.78, 5) is 11.5. The average molecular weight is 242 g/mol. The van der Waals surface area contributed by atoms with Crippen molar-refractivity contribution in [2.24, 2.45) is 0 Å². The maximum Gasteiger partial charge on any atom is 0.416 e. The highest BCUT2D eigenvalue weighted by atomic mass is 19.4. The Morgan fingerprint density at radius 3 is 2.65 bits per heavy atom. The number of hydrogen-bond acceptors (Lipinski definition) is 2. The lowest BCUT2D eigenvalue weighted by Crippen LogP contribution is -2.31. The third-order valence-corrected chi connectivity index (χ3v) is 1.99. The Morgan fingerprint density at radius 1 is 1.47 bits per heavy atom. The van der Waals surface area contributed by atoms with E-state index in [1.165, 1.54) is 13.0 Å². The number of amides is 1. The zero-order valence-corrected chi connectivity index (χ0v) is 8.88. The van der Waals surface area contributed by atoms with Crippen LogP contribution in [0.2, 0.25) is 0 Å². The molecule has 6 heteroatoms. The van der Waals surface area contributed by atoms with Crippen LogP contribution in [0.3, 0.4) is 0 Å². The number of carbonyl (C=O) groups is 1. The molecular formula is C11H9F3N2O. The first-order valence-electron chi connectivity index (χ1n) is 4.72. The number of alkyl halides is 3. The van der Waals surface area contributed by atoms with Crippen LogP contribution in [-0.2, 0) is 6.18 Å². The van der Waals surface area contributed by atoms with Gasteiger partial charge in [-0.2, -0.15) is 18.4 Å². The lowest BCUT2D eigenvalue weighted by molar-refractivity contribution is -0.137. The second kappa shape index (κ2) is 4.87. The van der Waals surface area contributed by atoms with E-state index in [0.717, 1.165) is 18.2 Å². The van der Waals surface area contributed by atoms with Gasteiger partial charge in [-0.05, 0) is 25.1 Å². The van der Waals surface area contributed by atoms with E-state index in [2.05, 4.69) is 5.32 Å². The number of nitrogens with zero attached hydrogens (tertiary/aromatic N) is 1. The summed E-state index contributed by atoms with van der Waals surface area (Å²) in [6.45, 7) is 1.44. The van der Waals surface area contributed by atoms with Crippen LogP contribution in [0.5, 0.6) is 0 Å². The molecule has 0 saturated carbocycles. The lowest BCUT2D eigenvalue weighted by atomic mass is 10.1. The van der Waals surface area contributed by atoms with Crippen molar-refractivity contribution < 1.29 is 18.0 Å². The van der Waals surface area contributed by atoms with Crippen molar-refractivity contribution in [3.8, 4) is 6.07 Å². The Labute approximate surface area is 95.9 Å². The maximum absolute atomic E-state index is 12.4. The number of halogens is 3. The average Bonchev–Trinajstić information content (AvgIpc) is 2.28. The van der Waals surface area contributed by atoms with E-state index < -0.39 is 23.7 Å². The molecule has 0 aliphatic rings. The molecule has 0 aliphatic carbocycles. The van der Waals surface area contributed by atoms with Crippen LogP contribution in [0, 0.1) is 11.3 Å². The van der Waals surface area contributed by atoms with Crippen LogP contribution < -0.4 is 5.32 Å². The standard InChI is InChI=1S/C11H9F3N2O/c1-7(6-15)16-10(17)8-3-2-4-9(5-8)11(12,13)14/h2-5,7H,1H3,(H,16,17). The Balaban J connectivity index is 2.93. The summed E-state index contributed by atoms with van der Waals surface area (Å²) in [5.74, 6) is -0.704. The molecule has 1 aromatic rings. The molecule has 0 fully saturated rings. The smallest absolute Gasteiger partial charge is 0.337 e. The molecule has 1 unspecified atom stereocenters. The second-order valence-electron chi connectivity index (χ2n) is 3.40. The maximum atomic E-state index is 12.4. The van der Waals surface area contributed by atoms with Gasteiger partial charge in [-0.3, -0.25) is 4.79 Å². The molecule has 1 aromatic carbocycles. The topological polar surface area (TPSA) is 52.9 Å². The lowest BCUT2D eigenvalue weighted by Gasteiger charge is -2.09. The van der Waals surface area contributed by atoms with E-state index in [1.54, 1.807) is 6.07 Å². The minimum atomic E-state index is -4.49. The Hall–Kier alpha value is -2.03. The third-order valence-electron chi connectivity index (χ3n) is 1.99. The molecule has 1 rings (SSSR count). The number of nitrogens with one attached hydrogen (secondary N) is 1. The summed E-state index contributed by atoms with van der Waals surface area (Å²) in [5, 5.41) is 10.7. The summed E-state index contributed by atoms with van der Waals surface area (Å²) in [7, 11) is 0. The van der Waals surface area contributed by atoms with Crippen molar-refractivity contribution in [2.45, 2.75) is 19.1 Å². The van der Waals surface area contributed by atoms with Gasteiger partial charge in [0.15, 0.2) is 0 Å². The van der Waals surface area contributed by atoms with Crippen LogP contribution >= 0.6 is 0 Å². The van der Waals surface area contributed by atoms with Crippen LogP contribution in [0.25, 0.3) is 0 Å². The molecule has 1 atom stereocenters. The Morgan fingerprint density at radius 2 is 2.12 bits per heavy atom. The van der Waals surface area contributed by atoms with Crippen molar-refractivity contribution in [3.63, 3.8) is 0 Å². The van der Waals surface area contributed by atoms with Gasteiger partial charge in [0.25, 0.3) is 5.91 Å². The van der Waals surface area contributed by atoms with Gasteiger partial charge >= 0.3 is 6.18 Å². The predicted octanol–water partition coefficient (Wildman–Crippen LogP) is 2.35. The first-order chi connectivity index (χ1) is 7.84. The molecule has 0 aromatic heterocycles. The van der Waals surface area contributed by atoms with Crippen molar-refractivity contribution in [1.29, 1.82) is 5.26 Å². The van der Waals surface area contributed by atoms with E-state index >= 15 is 0 Å². The number of carbonyl (C=O) groups excluding carboxylic acids is 1. The number of rotatable bonds is 2. The van der Waals surface area contributed by atoms with Crippen molar-refractivity contribution >= 4 is 5.91 Å². The predicted molar refractivity (Wildman–Crippen MR) is 54.0 cm³/mol. The molecule has 3 nitrogen and oxygen atoms in total. The SMILES string of the molecule is CC(C#N)NC(=O)c1cccc(C(F)(F)F)c1. The van der Waals surface area contributed by atoms with Gasteiger partial charge in [-0.1, -0.05) is 6.07 Å². The van der Waals surface area contributed by atoms with Gasteiger partial charge in [0.1, 0.15) is 6.04 Å². The third kappa shape index (κ3) is 3.48. The molecule has 90 valence electrons. The molecule has 0 heterocycles. The number of nitriles is 1. The molecule has 17 heavy (non-hydrogen) atoms. The van der Waals surface area contributed by atoms with Gasteiger partial charge in [-0.25, -0.2) is 0 Å². The van der Waals surface area contributed by atoms with Gasteiger partial charge in [0.05, 0.1) is 11.6 Å². The highest BCUT2D eigenvalue weighted by Crippen LogP contribution is 2.29. The van der Waals surface area contributed by atoms with E-state index in [4.69, 9.17) is 5.26 Å². The number of hydrogen-bond donors (Lipinski definition) is 1. The summed E-state index contributed by atoms with van der Waals surface area (Å²) in [6, 6.07) is 5.04. The molecule has 0 bridgehead atoms. The summed E-state index contributed by atoms with van der Waals surface area (Å²) < 4.78 is 37.1. The number of benzene rings is 1. The van der Waals surface area contributed by atoms with Crippen molar-refractivity contribution in [3.05, 3.63) is 35.4 Å². The largest absolute Gasteiger partial charge is 0.416 e. The van der Waals surface area contributed by atoms with Gasteiger partial charge in [0.2, 0.25) is 0 Å². The Bertz CT molecular complexity index is 463. The molecule has 0 aliphatic heterocycles. The first-order valence-corrected chi connectivity index (χ1v) is 4.72. The van der Waals surface area contributed by atoms with E-state index in [0.29, 0.717) is 0 Å². The second-order valence-corrected chi connectivity index (χ2v) is 3.40. The summed E-state index contributed by atoms with van der Waals surface area (Å²) >= 11 is 0. The Kier molecular flexibility index (Phi) is 3.73. The van der Waals surface area contributed by atoms with Crippen molar-refractivity contribution in [1.82, 2.24) is 5.32 Å². The van der Waals surface area contributed by atoms with Crippen LogP contribution in [0.15, 0.2) is 24.3 Å². The van der Waals surface area contributed by atoms with E-state index in [1.807, 2.05) is 0 Å². The van der Waals surface area contributed by atoms with Gasteiger partial charge < -0.3 is 5.32 Å². The summed E-state index contributed by atoms with van der Waals surface area (Å²) in [6.07, 6.45) is -4.49. The van der Waals surface area contributed by atoms with Crippen molar-refractivity contribution in [2.75, 3.05) is 0 Å². The highest BCUT2D eigenvalue weighted by Gasteiger charge is 2.30. The molecule has 1 N–H and O–H groups in total. The van der Waals surface area contributed by atoms with Crippen LogP contribution in [0.1, 0.15) is 22.8 Å². The highest BCUT2D eigenvalue weighted by molar-refractivity contribution is 5.94. The molecule has 0 saturated heterocycles. The van der Waals surface area contributed by atoms with Crippen LogP contribution in [0.4, 0.5) is 13.2 Å².